The van der Waals surface area contributed by atoms with Crippen LogP contribution in [-0.2, 0) is 4.79 Å². The lowest BCUT2D eigenvalue weighted by molar-refractivity contribution is -0.123. The molecule has 1 aliphatic heterocycles. The molecule has 6 heteroatoms. The predicted octanol–water partition coefficient (Wildman–Crippen LogP) is 2.24. The summed E-state index contributed by atoms with van der Waals surface area (Å²) in [7, 11) is 0. The number of nitrogens with two attached hydrogens (primary N) is 1. The van der Waals surface area contributed by atoms with Gasteiger partial charge in [0, 0.05) is 12.6 Å². The van der Waals surface area contributed by atoms with Gasteiger partial charge in [-0.25, -0.2) is 0 Å². The summed E-state index contributed by atoms with van der Waals surface area (Å²) in [6, 6.07) is 3.82. The maximum Gasteiger partial charge on any atom is 0.264 e. The Bertz CT molecular complexity index is 474. The number of thiophene rings is 1. The third-order valence-electron chi connectivity index (χ3n) is 3.33. The van der Waals surface area contributed by atoms with Crippen molar-refractivity contribution in [2.45, 2.75) is 25.8 Å². The van der Waals surface area contributed by atoms with Gasteiger partial charge in [0.05, 0.1) is 14.6 Å². The number of hydrogen-bond acceptors (Lipinski definition) is 3. The zero-order valence-electron chi connectivity index (χ0n) is 10.1. The van der Waals surface area contributed by atoms with E-state index in [4.69, 9.17) is 5.73 Å². The minimum absolute atomic E-state index is 0.0100. The zero-order chi connectivity index (χ0) is 13.3. The molecular weight excluding hydrogens is 316 g/mol. The Hall–Kier alpha value is -0.880. The molecular formula is C12H15BrN2O2S. The Labute approximate surface area is 118 Å². The van der Waals surface area contributed by atoms with Crippen molar-refractivity contribution in [3.63, 3.8) is 0 Å². The Morgan fingerprint density at radius 1 is 1.44 bits per heavy atom. The summed E-state index contributed by atoms with van der Waals surface area (Å²) in [6.45, 7) is 2.45. The number of halogens is 1. The van der Waals surface area contributed by atoms with Gasteiger partial charge in [0.2, 0.25) is 5.91 Å². The van der Waals surface area contributed by atoms with E-state index in [0.29, 0.717) is 11.4 Å². The highest BCUT2D eigenvalue weighted by Gasteiger charge is 2.32. The second kappa shape index (κ2) is 5.40. The van der Waals surface area contributed by atoms with E-state index in [1.54, 1.807) is 11.0 Å². The van der Waals surface area contributed by atoms with Crippen LogP contribution in [0.25, 0.3) is 0 Å². The fourth-order valence-electron chi connectivity index (χ4n) is 2.19. The summed E-state index contributed by atoms with van der Waals surface area (Å²) in [5.74, 6) is -0.537. The van der Waals surface area contributed by atoms with Gasteiger partial charge in [-0.3, -0.25) is 9.59 Å². The molecule has 1 saturated heterocycles. The van der Waals surface area contributed by atoms with Crippen LogP contribution in [0, 0.1) is 5.92 Å². The van der Waals surface area contributed by atoms with Crippen LogP contribution in [0.1, 0.15) is 29.4 Å². The molecule has 0 radical (unpaired) electrons. The van der Waals surface area contributed by atoms with Gasteiger partial charge in [0.1, 0.15) is 0 Å². The smallest absolute Gasteiger partial charge is 0.264 e. The molecule has 0 spiro atoms. The molecule has 1 aromatic rings. The van der Waals surface area contributed by atoms with E-state index in [-0.39, 0.29) is 23.8 Å². The number of piperidine rings is 1. The molecule has 98 valence electrons. The number of nitrogens with zero attached hydrogens (tertiary/aromatic N) is 1. The van der Waals surface area contributed by atoms with Crippen LogP contribution in [0.4, 0.5) is 0 Å². The highest BCUT2D eigenvalue weighted by atomic mass is 79.9. The summed E-state index contributed by atoms with van der Waals surface area (Å²) in [5.41, 5.74) is 5.34. The molecule has 0 saturated carbocycles. The standard InChI is InChI=1S/C12H15BrN2O2S/c1-7-2-3-8(11(14)16)6-15(7)12(17)9-4-5-10(13)18-9/h4-5,7-8H,2-3,6H2,1H3,(H2,14,16). The van der Waals surface area contributed by atoms with Gasteiger partial charge in [-0.1, -0.05) is 0 Å². The molecule has 0 aliphatic carbocycles. The fraction of sp³-hybridized carbons (Fsp3) is 0.500. The zero-order valence-corrected chi connectivity index (χ0v) is 12.5. The van der Waals surface area contributed by atoms with Crippen molar-refractivity contribution in [1.29, 1.82) is 0 Å². The van der Waals surface area contributed by atoms with Crippen LogP contribution in [0.3, 0.4) is 0 Å². The lowest BCUT2D eigenvalue weighted by atomic mass is 9.93. The van der Waals surface area contributed by atoms with Gasteiger partial charge in [-0.05, 0) is 47.8 Å². The average molecular weight is 331 g/mol. The molecule has 1 aromatic heterocycles. The van der Waals surface area contributed by atoms with E-state index in [0.717, 1.165) is 16.6 Å². The number of likely N-dealkylation sites (tertiary alicyclic amines) is 1. The van der Waals surface area contributed by atoms with Gasteiger partial charge < -0.3 is 10.6 Å². The molecule has 1 aliphatic rings. The molecule has 4 nitrogen and oxygen atoms in total. The first-order chi connectivity index (χ1) is 8.49. The van der Waals surface area contributed by atoms with Crippen LogP contribution in [0.15, 0.2) is 15.9 Å². The summed E-state index contributed by atoms with van der Waals surface area (Å²) in [6.07, 6.45) is 1.60. The van der Waals surface area contributed by atoms with Crippen molar-refractivity contribution in [3.05, 3.63) is 20.8 Å². The van der Waals surface area contributed by atoms with Crippen molar-refractivity contribution in [2.24, 2.45) is 11.7 Å². The van der Waals surface area contributed by atoms with E-state index in [1.807, 2.05) is 13.0 Å². The van der Waals surface area contributed by atoms with Crippen LogP contribution in [0.2, 0.25) is 0 Å². The van der Waals surface area contributed by atoms with E-state index >= 15 is 0 Å². The highest BCUT2D eigenvalue weighted by Crippen LogP contribution is 2.27. The number of primary amides is 1. The molecule has 2 amide bonds. The van der Waals surface area contributed by atoms with E-state index in [9.17, 15) is 9.59 Å². The largest absolute Gasteiger partial charge is 0.369 e. The number of rotatable bonds is 2. The third kappa shape index (κ3) is 2.75. The summed E-state index contributed by atoms with van der Waals surface area (Å²) < 4.78 is 0.932. The van der Waals surface area contributed by atoms with Crippen molar-refractivity contribution in [2.75, 3.05) is 6.54 Å². The SMILES string of the molecule is CC1CCC(C(N)=O)CN1C(=O)c1ccc(Br)s1. The fourth-order valence-corrected chi connectivity index (χ4v) is 3.54. The van der Waals surface area contributed by atoms with Crippen molar-refractivity contribution >= 4 is 39.1 Å². The topological polar surface area (TPSA) is 63.4 Å². The molecule has 2 unspecified atom stereocenters. The second-order valence-electron chi connectivity index (χ2n) is 4.59. The van der Waals surface area contributed by atoms with E-state index < -0.39 is 0 Å². The quantitative estimate of drug-likeness (QED) is 0.903. The monoisotopic (exact) mass is 330 g/mol. The highest BCUT2D eigenvalue weighted by molar-refractivity contribution is 9.11. The third-order valence-corrected chi connectivity index (χ3v) is 4.94. The van der Waals surface area contributed by atoms with E-state index in [1.165, 1.54) is 11.3 Å². The van der Waals surface area contributed by atoms with Crippen LogP contribution in [-0.4, -0.2) is 29.3 Å². The lowest BCUT2D eigenvalue weighted by Gasteiger charge is -2.36. The van der Waals surface area contributed by atoms with Gasteiger partial charge in [-0.2, -0.15) is 0 Å². The predicted molar refractivity (Wildman–Crippen MR) is 74.4 cm³/mol. The molecule has 0 aromatic carbocycles. The molecule has 0 bridgehead atoms. The Morgan fingerprint density at radius 3 is 2.72 bits per heavy atom. The summed E-state index contributed by atoms with van der Waals surface area (Å²) in [5, 5.41) is 0. The maximum atomic E-state index is 12.4. The molecule has 2 rings (SSSR count). The van der Waals surface area contributed by atoms with E-state index in [2.05, 4.69) is 15.9 Å². The van der Waals surface area contributed by atoms with Crippen LogP contribution >= 0.6 is 27.3 Å². The minimum atomic E-state index is -0.313. The Morgan fingerprint density at radius 2 is 2.17 bits per heavy atom. The number of hydrogen-bond donors (Lipinski definition) is 1. The second-order valence-corrected chi connectivity index (χ2v) is 7.05. The molecule has 18 heavy (non-hydrogen) atoms. The van der Waals surface area contributed by atoms with Gasteiger partial charge in [0.25, 0.3) is 5.91 Å². The average Bonchev–Trinajstić information content (AvgIpc) is 2.75. The Kier molecular flexibility index (Phi) is 4.07. The number of carbonyl (C=O) groups is 2. The first kappa shape index (κ1) is 13.5. The molecule has 2 N–H and O–H groups in total. The summed E-state index contributed by atoms with van der Waals surface area (Å²) >= 11 is 4.76. The first-order valence-corrected chi connectivity index (χ1v) is 7.45. The molecule has 1 fully saturated rings. The maximum absolute atomic E-state index is 12.4. The Balaban J connectivity index is 2.15. The van der Waals surface area contributed by atoms with Crippen molar-refractivity contribution < 1.29 is 9.59 Å². The number of amides is 2. The van der Waals surface area contributed by atoms with Gasteiger partial charge in [0.15, 0.2) is 0 Å². The lowest BCUT2D eigenvalue weighted by Crippen LogP contribution is -2.48. The molecule has 2 heterocycles. The number of carbonyl (C=O) groups excluding carboxylic acids is 2. The van der Waals surface area contributed by atoms with Crippen LogP contribution in [0.5, 0.6) is 0 Å². The first-order valence-electron chi connectivity index (χ1n) is 5.84. The minimum Gasteiger partial charge on any atom is -0.369 e. The van der Waals surface area contributed by atoms with Crippen LogP contribution < -0.4 is 5.73 Å². The van der Waals surface area contributed by atoms with Gasteiger partial charge >= 0.3 is 0 Å². The van der Waals surface area contributed by atoms with Gasteiger partial charge in [-0.15, -0.1) is 11.3 Å². The molecule has 2 atom stereocenters. The van der Waals surface area contributed by atoms with Crippen molar-refractivity contribution in [1.82, 2.24) is 4.90 Å². The summed E-state index contributed by atoms with van der Waals surface area (Å²) in [4.78, 5) is 26.1. The normalized spacial score (nSPS) is 24.0. The van der Waals surface area contributed by atoms with Crippen molar-refractivity contribution in [3.8, 4) is 0 Å².